The summed E-state index contributed by atoms with van der Waals surface area (Å²) in [5, 5.41) is 33.6. The maximum Gasteiger partial charge on any atom is 0.358 e. The van der Waals surface area contributed by atoms with Crippen molar-refractivity contribution in [3.63, 3.8) is 0 Å². The molecule has 0 aromatic heterocycles. The molecule has 0 fully saturated rings. The summed E-state index contributed by atoms with van der Waals surface area (Å²) in [6.45, 7) is 0. The Kier molecular flexibility index (Phi) is 10.0. The topological polar surface area (TPSA) is 365 Å². The van der Waals surface area contributed by atoms with Crippen molar-refractivity contribution in [3.8, 4) is 11.5 Å². The lowest BCUT2D eigenvalue weighted by Gasteiger charge is -2.13. The number of rotatable bonds is 9. The number of hydrogen-bond donors (Lipinski definition) is 8. The quantitative estimate of drug-likeness (QED) is 0.0567. The minimum Gasteiger partial charge on any atom is -0.505 e. The van der Waals surface area contributed by atoms with E-state index in [1.54, 1.807) is 0 Å². The Morgan fingerprint density at radius 1 is 0.566 bits per heavy atom. The molecule has 0 atom stereocenters. The van der Waals surface area contributed by atoms with E-state index in [2.05, 4.69) is 20.5 Å². The van der Waals surface area contributed by atoms with Gasteiger partial charge in [0.2, 0.25) is 0 Å². The van der Waals surface area contributed by atoms with E-state index in [0.29, 0.717) is 18.2 Å². The van der Waals surface area contributed by atoms with Gasteiger partial charge >= 0.3 is 7.60 Å². The number of hydrogen-bond acceptors (Lipinski definition) is 15. The van der Waals surface area contributed by atoms with E-state index in [9.17, 15) is 76.4 Å². The lowest BCUT2D eigenvalue weighted by atomic mass is 10.1. The first-order chi connectivity index (χ1) is 24.2. The molecule has 0 amide bonds. The predicted octanol–water partition coefficient (Wildman–Crippen LogP) is 4.68. The molecule has 0 aliphatic carbocycles. The maximum absolute atomic E-state index is 12.4. The highest BCUT2D eigenvalue weighted by molar-refractivity contribution is 7.87. The molecule has 5 rings (SSSR count). The Balaban J connectivity index is 1.77. The summed E-state index contributed by atoms with van der Waals surface area (Å²) in [7, 11) is -26.0. The number of benzene rings is 5. The number of fused-ring (bicyclic) bond motifs is 2. The SMILES string of the molecule is O=P(O)(O)c1cc(Cl)ccc1N=Nc1c(S(=O)(=O)O)cc2cc(S(=O)(=O)O)c(N=Nc3ccc4cc(S(=O)(=O)O)cc(S(=O)(=O)O)c4c3)c(O)c2c1O. The first-order valence-corrected chi connectivity index (χ1v) is 21.2. The van der Waals surface area contributed by atoms with Gasteiger partial charge in [-0.25, -0.2) is 0 Å². The molecule has 0 radical (unpaired) electrons. The van der Waals surface area contributed by atoms with Crippen LogP contribution in [-0.4, -0.2) is 71.9 Å². The molecule has 0 aliphatic heterocycles. The van der Waals surface area contributed by atoms with Crippen molar-refractivity contribution in [1.29, 1.82) is 0 Å². The summed E-state index contributed by atoms with van der Waals surface area (Å²) in [5.74, 6) is -2.66. The number of nitrogens with zero attached hydrogens (tertiary/aromatic N) is 4. The third kappa shape index (κ3) is 8.20. The van der Waals surface area contributed by atoms with E-state index in [0.717, 1.165) is 42.5 Å². The smallest absolute Gasteiger partial charge is 0.358 e. The van der Waals surface area contributed by atoms with Crippen LogP contribution in [0.5, 0.6) is 11.5 Å². The summed E-state index contributed by atoms with van der Waals surface area (Å²) >= 11 is 5.79. The predicted molar refractivity (Wildman–Crippen MR) is 182 cm³/mol. The Labute approximate surface area is 301 Å². The van der Waals surface area contributed by atoms with Gasteiger partial charge in [-0.15, -0.1) is 15.3 Å². The minimum absolute atomic E-state index is 0.149. The van der Waals surface area contributed by atoms with E-state index in [1.165, 1.54) is 0 Å². The number of azo groups is 2. The standard InChI is InChI=1S/C26H18ClN4O17PS4/c27-13-2-4-17(18(8-13)49(34,35)36)29-31-24-21(53(46,47)48)7-12-6-20(52(43,44)45)23(25(32)22(12)26(24)33)30-28-14-3-1-11-5-15(50(37,38)39)10-19(16(11)9-14)51(40,41)42/h1-10,32-33H,(H2,34,35,36)(H,37,38,39)(H,40,41,42)(H,43,44,45)(H,46,47,48). The first kappa shape index (κ1) is 39.7. The molecule has 21 nitrogen and oxygen atoms in total. The van der Waals surface area contributed by atoms with Crippen LogP contribution in [0, 0.1) is 0 Å². The summed E-state index contributed by atoms with van der Waals surface area (Å²) < 4.78 is 148. The van der Waals surface area contributed by atoms with E-state index in [-0.39, 0.29) is 21.5 Å². The van der Waals surface area contributed by atoms with Crippen molar-refractivity contribution in [2.24, 2.45) is 20.5 Å². The molecule has 0 aliphatic rings. The van der Waals surface area contributed by atoms with Crippen molar-refractivity contribution < 1.29 is 76.4 Å². The van der Waals surface area contributed by atoms with Gasteiger partial charge in [0.15, 0.2) is 11.5 Å². The Hall–Kier alpha value is -4.50. The van der Waals surface area contributed by atoms with Gasteiger partial charge in [-0.2, -0.15) is 38.8 Å². The third-order valence-electron chi connectivity index (χ3n) is 7.03. The Morgan fingerprint density at radius 2 is 1.09 bits per heavy atom. The average Bonchev–Trinajstić information content (AvgIpc) is 3.01. The number of phenols is 2. The highest BCUT2D eigenvalue weighted by atomic mass is 35.5. The third-order valence-corrected chi connectivity index (χ3v) is 11.7. The molecule has 0 bridgehead atoms. The van der Waals surface area contributed by atoms with Crippen LogP contribution < -0.4 is 5.30 Å². The van der Waals surface area contributed by atoms with Crippen molar-refractivity contribution in [1.82, 2.24) is 0 Å². The van der Waals surface area contributed by atoms with Gasteiger partial charge in [0.1, 0.15) is 31.7 Å². The summed E-state index contributed by atoms with van der Waals surface area (Å²) in [6.07, 6.45) is 0. The fourth-order valence-corrected chi connectivity index (χ4v) is 8.42. The molecule has 0 saturated carbocycles. The molecule has 0 unspecified atom stereocenters. The zero-order valence-electron chi connectivity index (χ0n) is 25.3. The van der Waals surface area contributed by atoms with Crippen molar-refractivity contribution in [3.05, 3.63) is 65.7 Å². The van der Waals surface area contributed by atoms with Crippen molar-refractivity contribution in [2.75, 3.05) is 0 Å². The van der Waals surface area contributed by atoms with Gasteiger partial charge in [0.25, 0.3) is 40.5 Å². The lowest BCUT2D eigenvalue weighted by molar-refractivity contribution is 0.387. The van der Waals surface area contributed by atoms with Crippen LogP contribution in [0.1, 0.15) is 0 Å². The van der Waals surface area contributed by atoms with Crippen molar-refractivity contribution >= 4 is 109 Å². The molecule has 5 aromatic carbocycles. The van der Waals surface area contributed by atoms with Gasteiger partial charge in [0.05, 0.1) is 21.3 Å². The number of halogens is 1. The normalized spacial score (nSPS) is 13.5. The maximum atomic E-state index is 12.4. The van der Waals surface area contributed by atoms with Crippen LogP contribution in [0.4, 0.5) is 22.7 Å². The van der Waals surface area contributed by atoms with Crippen molar-refractivity contribution in [2.45, 2.75) is 19.6 Å². The zero-order chi connectivity index (χ0) is 39.6. The molecule has 5 aromatic rings. The highest BCUT2D eigenvalue weighted by Crippen LogP contribution is 2.50. The van der Waals surface area contributed by atoms with E-state index in [1.807, 2.05) is 0 Å². The second-order valence-electron chi connectivity index (χ2n) is 10.5. The van der Waals surface area contributed by atoms with E-state index in [4.69, 9.17) is 11.6 Å². The Bertz CT molecular complexity index is 2990. The molecule has 280 valence electrons. The van der Waals surface area contributed by atoms with Gasteiger partial charge in [-0.3, -0.25) is 22.8 Å². The molecule has 0 heterocycles. The van der Waals surface area contributed by atoms with Gasteiger partial charge in [-0.1, -0.05) is 17.7 Å². The first-order valence-electron chi connectivity index (χ1n) is 13.4. The monoisotopic (exact) mass is 852 g/mol. The largest absolute Gasteiger partial charge is 0.505 e. The van der Waals surface area contributed by atoms with Gasteiger partial charge in [0, 0.05) is 10.4 Å². The molecule has 0 spiro atoms. The van der Waals surface area contributed by atoms with Gasteiger partial charge in [-0.05, 0) is 65.4 Å². The molecular weight excluding hydrogens is 835 g/mol. The molecule has 8 N–H and O–H groups in total. The number of phenolic OH excluding ortho intramolecular Hbond substituents is 2. The van der Waals surface area contributed by atoms with E-state index < -0.39 is 112 Å². The summed E-state index contributed by atoms with van der Waals surface area (Å²) in [6, 6.07) is 8.14. The second-order valence-corrected chi connectivity index (χ2v) is 18.1. The lowest BCUT2D eigenvalue weighted by Crippen LogP contribution is -2.04. The van der Waals surface area contributed by atoms with Gasteiger partial charge < -0.3 is 20.0 Å². The van der Waals surface area contributed by atoms with E-state index >= 15 is 0 Å². The van der Waals surface area contributed by atoms with Crippen LogP contribution >= 0.6 is 19.2 Å². The molecule has 27 heteroatoms. The minimum atomic E-state index is -5.40. The molecule has 53 heavy (non-hydrogen) atoms. The van der Waals surface area contributed by atoms with Crippen LogP contribution in [0.15, 0.2) is 101 Å². The second kappa shape index (κ2) is 13.4. The highest BCUT2D eigenvalue weighted by Gasteiger charge is 2.30. The fourth-order valence-electron chi connectivity index (χ4n) is 4.78. The van der Waals surface area contributed by atoms with Crippen LogP contribution in [-0.2, 0) is 45.0 Å². The van der Waals surface area contributed by atoms with Crippen LogP contribution in [0.3, 0.4) is 0 Å². The molecular formula is C26H18ClN4O17PS4. The fraction of sp³-hybridized carbons (Fsp3) is 0. The van der Waals surface area contributed by atoms with Crippen LogP contribution in [0.25, 0.3) is 21.5 Å². The Morgan fingerprint density at radius 3 is 1.58 bits per heavy atom. The zero-order valence-corrected chi connectivity index (χ0v) is 30.2. The number of aromatic hydroxyl groups is 2. The summed E-state index contributed by atoms with van der Waals surface area (Å²) in [5.41, 5.74) is -3.24. The van der Waals surface area contributed by atoms with Crippen LogP contribution in [0.2, 0.25) is 5.02 Å². The summed E-state index contributed by atoms with van der Waals surface area (Å²) in [4.78, 5) is 14.9. The molecule has 0 saturated heterocycles. The average molecular weight is 853 g/mol.